The molecule has 1 amide bonds. The topological polar surface area (TPSA) is 46.2 Å². The van der Waals surface area contributed by atoms with Gasteiger partial charge in [0, 0.05) is 12.2 Å². The van der Waals surface area contributed by atoms with E-state index in [-0.39, 0.29) is 5.91 Å². The van der Waals surface area contributed by atoms with Crippen molar-refractivity contribution >= 4 is 24.8 Å². The van der Waals surface area contributed by atoms with Crippen molar-refractivity contribution in [2.24, 2.45) is 0 Å². The van der Waals surface area contributed by atoms with Crippen molar-refractivity contribution < 1.29 is 9.59 Å². The van der Waals surface area contributed by atoms with E-state index in [1.54, 1.807) is 6.92 Å². The lowest BCUT2D eigenvalue weighted by molar-refractivity contribution is -0.123. The number of amides is 1. The first kappa shape index (κ1) is 9.49. The van der Waals surface area contributed by atoms with Gasteiger partial charge in [0.1, 0.15) is 6.29 Å². The molecule has 0 spiro atoms. The van der Waals surface area contributed by atoms with E-state index < -0.39 is 6.04 Å². The van der Waals surface area contributed by atoms with Gasteiger partial charge in [0.15, 0.2) is 0 Å². The summed E-state index contributed by atoms with van der Waals surface area (Å²) in [6.07, 6.45) is 1.08. The number of nitrogens with one attached hydrogen (secondary N) is 1. The van der Waals surface area contributed by atoms with Gasteiger partial charge in [-0.3, -0.25) is 4.79 Å². The van der Waals surface area contributed by atoms with Gasteiger partial charge in [0.05, 0.1) is 6.04 Å². The van der Waals surface area contributed by atoms with Crippen molar-refractivity contribution in [2.75, 3.05) is 5.75 Å². The highest BCUT2D eigenvalue weighted by molar-refractivity contribution is 7.80. The van der Waals surface area contributed by atoms with Gasteiger partial charge in [-0.1, -0.05) is 6.92 Å². The molecule has 1 unspecified atom stereocenters. The molecule has 0 saturated carbocycles. The van der Waals surface area contributed by atoms with Crippen molar-refractivity contribution in [3.8, 4) is 0 Å². The number of carbonyl (C=O) groups excluding carboxylic acids is 2. The van der Waals surface area contributed by atoms with E-state index in [2.05, 4.69) is 17.9 Å². The summed E-state index contributed by atoms with van der Waals surface area (Å²) in [6.45, 7) is 1.73. The van der Waals surface area contributed by atoms with Crippen LogP contribution in [0.25, 0.3) is 0 Å². The number of rotatable bonds is 4. The van der Waals surface area contributed by atoms with E-state index in [1.165, 1.54) is 0 Å². The average molecular weight is 161 g/mol. The van der Waals surface area contributed by atoms with Crippen molar-refractivity contribution in [3.05, 3.63) is 0 Å². The summed E-state index contributed by atoms with van der Waals surface area (Å²) in [5.74, 6) is 0.237. The highest BCUT2D eigenvalue weighted by Crippen LogP contribution is 1.84. The van der Waals surface area contributed by atoms with E-state index in [0.717, 1.165) is 0 Å². The molecule has 0 aliphatic heterocycles. The SMILES string of the molecule is CCC(=O)NC(C=O)CS. The molecule has 1 atom stereocenters. The maximum Gasteiger partial charge on any atom is 0.220 e. The fraction of sp³-hybridized carbons (Fsp3) is 0.667. The second-order valence-electron chi connectivity index (χ2n) is 1.85. The lowest BCUT2D eigenvalue weighted by Crippen LogP contribution is -2.36. The summed E-state index contributed by atoms with van der Waals surface area (Å²) >= 11 is 3.86. The molecule has 0 bridgehead atoms. The second kappa shape index (κ2) is 5.29. The van der Waals surface area contributed by atoms with Gasteiger partial charge in [-0.2, -0.15) is 12.6 Å². The summed E-state index contributed by atoms with van der Waals surface area (Å²) < 4.78 is 0. The first-order valence-electron chi connectivity index (χ1n) is 3.10. The zero-order valence-electron chi connectivity index (χ0n) is 5.83. The van der Waals surface area contributed by atoms with Crippen LogP contribution < -0.4 is 5.32 Å². The molecule has 0 aromatic rings. The van der Waals surface area contributed by atoms with Crippen molar-refractivity contribution in [3.63, 3.8) is 0 Å². The number of carbonyl (C=O) groups is 2. The second-order valence-corrected chi connectivity index (χ2v) is 2.21. The normalized spacial score (nSPS) is 12.2. The fourth-order valence-corrected chi connectivity index (χ4v) is 0.609. The van der Waals surface area contributed by atoms with Crippen molar-refractivity contribution in [1.29, 1.82) is 0 Å². The highest BCUT2D eigenvalue weighted by atomic mass is 32.1. The number of hydrogen-bond donors (Lipinski definition) is 2. The van der Waals surface area contributed by atoms with Gasteiger partial charge in [-0.15, -0.1) is 0 Å². The quantitative estimate of drug-likeness (QED) is 0.450. The Morgan fingerprint density at radius 2 is 2.40 bits per heavy atom. The van der Waals surface area contributed by atoms with Gasteiger partial charge in [-0.25, -0.2) is 0 Å². The van der Waals surface area contributed by atoms with Crippen LogP contribution >= 0.6 is 12.6 Å². The lowest BCUT2D eigenvalue weighted by Gasteiger charge is -2.07. The minimum atomic E-state index is -0.434. The van der Waals surface area contributed by atoms with Gasteiger partial charge in [-0.05, 0) is 0 Å². The third-order valence-corrected chi connectivity index (χ3v) is 1.42. The van der Waals surface area contributed by atoms with Crippen LogP contribution in [0.4, 0.5) is 0 Å². The minimum Gasteiger partial charge on any atom is -0.346 e. The van der Waals surface area contributed by atoms with Crippen LogP contribution in [0.5, 0.6) is 0 Å². The first-order valence-corrected chi connectivity index (χ1v) is 3.73. The standard InChI is InChI=1S/C6H11NO2S/c1-2-6(9)7-5(3-8)4-10/h3,5,10H,2,4H2,1H3,(H,7,9). The fourth-order valence-electron chi connectivity index (χ4n) is 0.432. The Labute approximate surface area is 65.6 Å². The molecule has 0 saturated heterocycles. The van der Waals surface area contributed by atoms with Crippen molar-refractivity contribution in [2.45, 2.75) is 19.4 Å². The first-order chi connectivity index (χ1) is 4.74. The van der Waals surface area contributed by atoms with Crippen LogP contribution in [-0.2, 0) is 9.59 Å². The number of hydrogen-bond acceptors (Lipinski definition) is 3. The molecule has 3 nitrogen and oxygen atoms in total. The smallest absolute Gasteiger partial charge is 0.220 e. The van der Waals surface area contributed by atoms with Gasteiger partial charge < -0.3 is 10.1 Å². The molecule has 0 aromatic carbocycles. The van der Waals surface area contributed by atoms with E-state index in [1.807, 2.05) is 0 Å². The molecule has 0 aliphatic carbocycles. The minimum absolute atomic E-state index is 0.119. The van der Waals surface area contributed by atoms with Crippen LogP contribution in [-0.4, -0.2) is 24.0 Å². The third-order valence-electron chi connectivity index (χ3n) is 1.03. The summed E-state index contributed by atoms with van der Waals surface area (Å²) in [6, 6.07) is -0.434. The van der Waals surface area contributed by atoms with Crippen molar-refractivity contribution in [1.82, 2.24) is 5.32 Å². The molecular formula is C6H11NO2S. The van der Waals surface area contributed by atoms with Gasteiger partial charge in [0.2, 0.25) is 5.91 Å². The summed E-state index contributed by atoms with van der Waals surface area (Å²) in [7, 11) is 0. The summed E-state index contributed by atoms with van der Waals surface area (Å²) in [4.78, 5) is 20.8. The molecule has 0 aliphatic rings. The Bertz CT molecular complexity index is 127. The maximum atomic E-state index is 10.6. The molecule has 0 heterocycles. The highest BCUT2D eigenvalue weighted by Gasteiger charge is 2.05. The van der Waals surface area contributed by atoms with Gasteiger partial charge in [0.25, 0.3) is 0 Å². The summed E-state index contributed by atoms with van der Waals surface area (Å²) in [5.41, 5.74) is 0. The van der Waals surface area contributed by atoms with Crippen LogP contribution in [0.3, 0.4) is 0 Å². The maximum absolute atomic E-state index is 10.6. The Kier molecular flexibility index (Phi) is 5.02. The number of aldehydes is 1. The third kappa shape index (κ3) is 3.50. The van der Waals surface area contributed by atoms with E-state index in [9.17, 15) is 9.59 Å². The van der Waals surface area contributed by atoms with E-state index in [0.29, 0.717) is 18.5 Å². The predicted molar refractivity (Wildman–Crippen MR) is 42.1 cm³/mol. The van der Waals surface area contributed by atoms with E-state index >= 15 is 0 Å². The van der Waals surface area contributed by atoms with Crippen LogP contribution in [0, 0.1) is 0 Å². The lowest BCUT2D eigenvalue weighted by atomic mass is 10.3. The van der Waals surface area contributed by atoms with Gasteiger partial charge >= 0.3 is 0 Å². The molecule has 58 valence electrons. The zero-order valence-corrected chi connectivity index (χ0v) is 6.73. The van der Waals surface area contributed by atoms with Crippen LogP contribution in [0.15, 0.2) is 0 Å². The molecule has 0 aromatic heterocycles. The average Bonchev–Trinajstić information content (AvgIpc) is 1.99. The summed E-state index contributed by atoms with van der Waals surface area (Å²) in [5, 5.41) is 2.48. The zero-order chi connectivity index (χ0) is 7.98. The molecule has 4 heteroatoms. The molecule has 0 fully saturated rings. The Balaban J connectivity index is 3.62. The Morgan fingerprint density at radius 3 is 2.70 bits per heavy atom. The molecule has 10 heavy (non-hydrogen) atoms. The Hall–Kier alpha value is -0.510. The molecule has 0 radical (unpaired) electrons. The van der Waals surface area contributed by atoms with Crippen LogP contribution in [0.1, 0.15) is 13.3 Å². The monoisotopic (exact) mass is 161 g/mol. The van der Waals surface area contributed by atoms with E-state index in [4.69, 9.17) is 0 Å². The largest absolute Gasteiger partial charge is 0.346 e. The van der Waals surface area contributed by atoms with Crippen LogP contribution in [0.2, 0.25) is 0 Å². The molecular weight excluding hydrogens is 150 g/mol. The molecule has 1 N–H and O–H groups in total. The predicted octanol–water partition coefficient (Wildman–Crippen LogP) is 0.00990. The Morgan fingerprint density at radius 1 is 1.80 bits per heavy atom. The number of thiol groups is 1. The molecule has 0 rings (SSSR count).